The largest absolute Gasteiger partial charge is 0.462 e. The Kier molecular flexibility index (Phi) is 6.87. The first-order valence-corrected chi connectivity index (χ1v) is 11.4. The van der Waals surface area contributed by atoms with Crippen molar-refractivity contribution in [2.45, 2.75) is 37.6 Å². The molecule has 1 aliphatic heterocycles. The first-order chi connectivity index (χ1) is 14.7. The molecule has 3 rings (SSSR count). The van der Waals surface area contributed by atoms with E-state index in [4.69, 9.17) is 4.74 Å². The number of fused-ring (bicyclic) bond motifs is 1. The predicted molar refractivity (Wildman–Crippen MR) is 113 cm³/mol. The lowest BCUT2D eigenvalue weighted by atomic mass is 10.1. The van der Waals surface area contributed by atoms with Crippen molar-refractivity contribution < 1.29 is 27.5 Å². The molecule has 1 heterocycles. The zero-order chi connectivity index (χ0) is 22.6. The smallest absolute Gasteiger partial charge is 0.338 e. The van der Waals surface area contributed by atoms with Crippen molar-refractivity contribution in [2.75, 3.05) is 13.2 Å². The molecule has 8 nitrogen and oxygen atoms in total. The fourth-order valence-corrected chi connectivity index (χ4v) is 4.53. The van der Waals surface area contributed by atoms with Crippen LogP contribution in [0.1, 0.15) is 57.8 Å². The summed E-state index contributed by atoms with van der Waals surface area (Å²) >= 11 is 0. The summed E-state index contributed by atoms with van der Waals surface area (Å²) in [6, 6.07) is 12.0. The average molecular weight is 445 g/mol. The number of sulfonamides is 1. The van der Waals surface area contributed by atoms with Gasteiger partial charge in [0.05, 0.1) is 28.2 Å². The highest BCUT2D eigenvalue weighted by Gasteiger charge is 2.34. The molecule has 0 fully saturated rings. The van der Waals surface area contributed by atoms with Crippen LogP contribution in [0.5, 0.6) is 0 Å². The van der Waals surface area contributed by atoms with E-state index in [0.717, 1.165) is 0 Å². The van der Waals surface area contributed by atoms with E-state index in [0.29, 0.717) is 24.0 Å². The van der Waals surface area contributed by atoms with Crippen LogP contribution in [0, 0.1) is 0 Å². The number of carbonyl (C=O) groups excluding carboxylic acids is 3. The second-order valence-electron chi connectivity index (χ2n) is 7.45. The number of imide groups is 1. The summed E-state index contributed by atoms with van der Waals surface area (Å²) < 4.78 is 32.2. The highest BCUT2D eigenvalue weighted by atomic mass is 32.2. The number of nitrogens with zero attached hydrogens (tertiary/aromatic N) is 1. The predicted octanol–water partition coefficient (Wildman–Crippen LogP) is 2.61. The molecule has 9 heteroatoms. The van der Waals surface area contributed by atoms with Crippen LogP contribution in [-0.2, 0) is 14.8 Å². The summed E-state index contributed by atoms with van der Waals surface area (Å²) in [6.45, 7) is 3.73. The average Bonchev–Trinajstić information content (AvgIpc) is 2.97. The number of rotatable bonds is 9. The maximum atomic E-state index is 12.3. The summed E-state index contributed by atoms with van der Waals surface area (Å²) in [5.74, 6) is -1.27. The minimum atomic E-state index is -3.71. The standard InChI is InChI=1S/C22H24N2O6S/c1-15(2)23-31(28,29)17-9-7-8-16(14-17)22(27)30-13-6-5-12-24-20(25)18-10-3-4-11-19(18)21(24)26/h3-4,7-11,14-15,23H,5-6,12-13H2,1-2H3. The highest BCUT2D eigenvalue weighted by molar-refractivity contribution is 7.89. The second-order valence-corrected chi connectivity index (χ2v) is 9.17. The quantitative estimate of drug-likeness (QED) is 0.362. The topological polar surface area (TPSA) is 110 Å². The summed E-state index contributed by atoms with van der Waals surface area (Å²) in [5, 5.41) is 0. The van der Waals surface area contributed by atoms with Crippen molar-refractivity contribution in [1.29, 1.82) is 0 Å². The lowest BCUT2D eigenvalue weighted by Gasteiger charge is -2.13. The highest BCUT2D eigenvalue weighted by Crippen LogP contribution is 2.22. The molecule has 1 N–H and O–H groups in total. The molecule has 0 aliphatic carbocycles. The van der Waals surface area contributed by atoms with Gasteiger partial charge >= 0.3 is 5.97 Å². The molecule has 0 spiro atoms. The molecule has 2 aromatic rings. The monoisotopic (exact) mass is 444 g/mol. The van der Waals surface area contributed by atoms with Gasteiger partial charge in [-0.3, -0.25) is 14.5 Å². The molecule has 1 aliphatic rings. The summed E-state index contributed by atoms with van der Waals surface area (Å²) in [4.78, 5) is 38.1. The van der Waals surface area contributed by atoms with Crippen LogP contribution in [0.15, 0.2) is 53.4 Å². The Bertz CT molecular complexity index is 1080. The number of nitrogens with one attached hydrogen (secondary N) is 1. The van der Waals surface area contributed by atoms with Gasteiger partial charge in [-0.15, -0.1) is 0 Å². The van der Waals surface area contributed by atoms with E-state index in [1.165, 1.54) is 29.2 Å². The zero-order valence-corrected chi connectivity index (χ0v) is 18.1. The fraction of sp³-hybridized carbons (Fsp3) is 0.318. The van der Waals surface area contributed by atoms with Crippen LogP contribution in [0.3, 0.4) is 0 Å². The molecule has 0 unspecified atom stereocenters. The van der Waals surface area contributed by atoms with Crippen molar-refractivity contribution in [2.24, 2.45) is 0 Å². The van der Waals surface area contributed by atoms with E-state index in [1.54, 1.807) is 38.1 Å². The molecule has 164 valence electrons. The van der Waals surface area contributed by atoms with Gasteiger partial charge in [-0.2, -0.15) is 0 Å². The van der Waals surface area contributed by atoms with Crippen molar-refractivity contribution in [3.8, 4) is 0 Å². The molecule has 2 amide bonds. The number of esters is 1. The van der Waals surface area contributed by atoms with Crippen LogP contribution in [0.25, 0.3) is 0 Å². The maximum absolute atomic E-state index is 12.3. The van der Waals surface area contributed by atoms with E-state index < -0.39 is 16.0 Å². The van der Waals surface area contributed by atoms with Crippen LogP contribution in [0.2, 0.25) is 0 Å². The SMILES string of the molecule is CC(C)NS(=O)(=O)c1cccc(C(=O)OCCCCN2C(=O)c3ccccc3C2=O)c1. The Balaban J connectivity index is 1.49. The minimum absolute atomic E-state index is 0.0127. The summed E-state index contributed by atoms with van der Waals surface area (Å²) in [6.07, 6.45) is 0.928. The van der Waals surface area contributed by atoms with Gasteiger partial charge in [0.15, 0.2) is 0 Å². The number of amides is 2. The van der Waals surface area contributed by atoms with Crippen LogP contribution in [0.4, 0.5) is 0 Å². The number of hydrogen-bond acceptors (Lipinski definition) is 6. The Morgan fingerprint density at radius 2 is 1.65 bits per heavy atom. The van der Waals surface area contributed by atoms with E-state index in [-0.39, 0.29) is 41.5 Å². The van der Waals surface area contributed by atoms with Gasteiger partial charge in [-0.25, -0.2) is 17.9 Å². The van der Waals surface area contributed by atoms with Crippen molar-refractivity contribution in [1.82, 2.24) is 9.62 Å². The molecule has 0 radical (unpaired) electrons. The van der Waals surface area contributed by atoms with Gasteiger partial charge < -0.3 is 4.74 Å². The van der Waals surface area contributed by atoms with Gasteiger partial charge in [-0.05, 0) is 57.0 Å². The number of ether oxygens (including phenoxy) is 1. The molecule has 0 bridgehead atoms. The van der Waals surface area contributed by atoms with E-state index in [9.17, 15) is 22.8 Å². The van der Waals surface area contributed by atoms with E-state index in [1.807, 2.05) is 0 Å². The lowest BCUT2D eigenvalue weighted by molar-refractivity contribution is 0.0485. The number of unbranched alkanes of at least 4 members (excludes halogenated alkanes) is 1. The lowest BCUT2D eigenvalue weighted by Crippen LogP contribution is -2.30. The molecule has 0 saturated carbocycles. The van der Waals surface area contributed by atoms with Gasteiger partial charge in [-0.1, -0.05) is 18.2 Å². The first-order valence-electron chi connectivity index (χ1n) is 9.95. The van der Waals surface area contributed by atoms with Crippen molar-refractivity contribution in [3.05, 3.63) is 65.2 Å². The Morgan fingerprint density at radius 3 is 2.26 bits per heavy atom. The maximum Gasteiger partial charge on any atom is 0.338 e. The molecule has 0 saturated heterocycles. The molecule has 0 atom stereocenters. The van der Waals surface area contributed by atoms with Gasteiger partial charge in [0.25, 0.3) is 11.8 Å². The van der Waals surface area contributed by atoms with Crippen LogP contribution >= 0.6 is 0 Å². The van der Waals surface area contributed by atoms with Gasteiger partial charge in [0.1, 0.15) is 0 Å². The number of benzene rings is 2. The summed E-state index contributed by atoms with van der Waals surface area (Å²) in [7, 11) is -3.71. The second kappa shape index (κ2) is 9.40. The van der Waals surface area contributed by atoms with Crippen molar-refractivity contribution >= 4 is 27.8 Å². The molecule has 2 aromatic carbocycles. The Labute approximate surface area is 181 Å². The fourth-order valence-electron chi connectivity index (χ4n) is 3.23. The zero-order valence-electron chi connectivity index (χ0n) is 17.3. The molecular weight excluding hydrogens is 420 g/mol. The van der Waals surface area contributed by atoms with Crippen LogP contribution in [-0.4, -0.2) is 50.3 Å². The van der Waals surface area contributed by atoms with Gasteiger partial charge in [0, 0.05) is 12.6 Å². The molecule has 0 aromatic heterocycles. The summed E-state index contributed by atoms with van der Waals surface area (Å²) in [5.41, 5.74) is 0.938. The minimum Gasteiger partial charge on any atom is -0.462 e. The van der Waals surface area contributed by atoms with Crippen molar-refractivity contribution in [3.63, 3.8) is 0 Å². The normalized spacial score (nSPS) is 13.6. The third-order valence-corrected chi connectivity index (χ3v) is 6.31. The first kappa shape index (κ1) is 22.6. The number of hydrogen-bond donors (Lipinski definition) is 1. The van der Waals surface area contributed by atoms with E-state index >= 15 is 0 Å². The molecular formula is C22H24N2O6S. The van der Waals surface area contributed by atoms with Gasteiger partial charge in [0.2, 0.25) is 10.0 Å². The number of carbonyl (C=O) groups is 3. The third kappa shape index (κ3) is 5.18. The van der Waals surface area contributed by atoms with E-state index in [2.05, 4.69) is 4.72 Å². The molecule has 31 heavy (non-hydrogen) atoms. The van der Waals surface area contributed by atoms with Crippen LogP contribution < -0.4 is 4.72 Å². The third-order valence-electron chi connectivity index (χ3n) is 4.66. The Hall–Kier alpha value is -3.04. The Morgan fingerprint density at radius 1 is 1.00 bits per heavy atom.